The van der Waals surface area contributed by atoms with Gasteiger partial charge >= 0.3 is 6.18 Å². The van der Waals surface area contributed by atoms with Gasteiger partial charge in [0.05, 0.1) is 6.04 Å². The molecule has 4 nitrogen and oxygen atoms in total. The maximum atomic E-state index is 12.2. The van der Waals surface area contributed by atoms with Gasteiger partial charge in [0.15, 0.2) is 6.10 Å². The number of benzene rings is 1. The van der Waals surface area contributed by atoms with Gasteiger partial charge in [0, 0.05) is 11.6 Å². The molecule has 7 heteroatoms. The zero-order chi connectivity index (χ0) is 15.5. The Kier molecular flexibility index (Phi) is 4.95. The lowest BCUT2D eigenvalue weighted by Crippen LogP contribution is -2.34. The molecule has 0 bridgehead atoms. The smallest absolute Gasteiger partial charge is 0.417 e. The van der Waals surface area contributed by atoms with Crippen LogP contribution in [0.2, 0.25) is 0 Å². The van der Waals surface area contributed by atoms with Crippen LogP contribution in [0.3, 0.4) is 0 Å². The molecule has 0 radical (unpaired) electrons. The first-order chi connectivity index (χ1) is 9.91. The Labute approximate surface area is 120 Å². The standard InChI is InChI=1S/C14H18F3NO3/c1-2-5-18-11-7-21-12-6-9(3-4-10(11)12)20-8-13(19)14(15,16)17/h3-4,6,11,13,18-19H,2,5,7-8H2,1H3. The SMILES string of the molecule is CCCNC1COc2cc(OCC(O)C(F)(F)F)ccc21. The predicted octanol–water partition coefficient (Wildman–Crippen LogP) is 2.42. The van der Waals surface area contributed by atoms with E-state index in [1.54, 1.807) is 18.2 Å². The van der Waals surface area contributed by atoms with Crippen molar-refractivity contribution in [2.45, 2.75) is 31.7 Å². The number of nitrogens with one attached hydrogen (secondary N) is 1. The van der Waals surface area contributed by atoms with Gasteiger partial charge in [-0.05, 0) is 25.1 Å². The summed E-state index contributed by atoms with van der Waals surface area (Å²) in [6.07, 6.45) is -6.17. The number of ether oxygens (including phenoxy) is 2. The Bertz CT molecular complexity index is 479. The average Bonchev–Trinajstić information content (AvgIpc) is 2.83. The molecule has 2 atom stereocenters. The largest absolute Gasteiger partial charge is 0.491 e. The zero-order valence-electron chi connectivity index (χ0n) is 11.6. The van der Waals surface area contributed by atoms with Crippen molar-refractivity contribution in [3.05, 3.63) is 23.8 Å². The summed E-state index contributed by atoms with van der Waals surface area (Å²) in [6, 6.07) is 4.99. The highest BCUT2D eigenvalue weighted by Crippen LogP contribution is 2.35. The fourth-order valence-corrected chi connectivity index (χ4v) is 2.04. The molecule has 1 aliphatic heterocycles. The van der Waals surface area contributed by atoms with Crippen molar-refractivity contribution in [3.8, 4) is 11.5 Å². The van der Waals surface area contributed by atoms with Crippen molar-refractivity contribution < 1.29 is 27.8 Å². The summed E-state index contributed by atoms with van der Waals surface area (Å²) in [5, 5.41) is 12.2. The molecule has 1 aliphatic rings. The number of hydrogen-bond acceptors (Lipinski definition) is 4. The van der Waals surface area contributed by atoms with E-state index in [0.717, 1.165) is 18.5 Å². The average molecular weight is 305 g/mol. The quantitative estimate of drug-likeness (QED) is 0.847. The van der Waals surface area contributed by atoms with Crippen LogP contribution in [0.1, 0.15) is 24.9 Å². The number of hydrogen-bond donors (Lipinski definition) is 2. The highest BCUT2D eigenvalue weighted by atomic mass is 19.4. The molecule has 0 spiro atoms. The second kappa shape index (κ2) is 6.53. The first kappa shape index (κ1) is 15.9. The van der Waals surface area contributed by atoms with E-state index in [2.05, 4.69) is 12.2 Å². The third-order valence-corrected chi connectivity index (χ3v) is 3.19. The van der Waals surface area contributed by atoms with E-state index in [1.807, 2.05) is 0 Å². The van der Waals surface area contributed by atoms with Crippen molar-refractivity contribution in [3.63, 3.8) is 0 Å². The molecule has 1 heterocycles. The molecule has 21 heavy (non-hydrogen) atoms. The molecule has 118 valence electrons. The number of aliphatic hydroxyl groups excluding tert-OH is 1. The summed E-state index contributed by atoms with van der Waals surface area (Å²) in [5.41, 5.74) is 0.965. The van der Waals surface area contributed by atoms with E-state index in [4.69, 9.17) is 14.6 Å². The topological polar surface area (TPSA) is 50.7 Å². The monoisotopic (exact) mass is 305 g/mol. The van der Waals surface area contributed by atoms with E-state index in [-0.39, 0.29) is 11.8 Å². The molecule has 1 aromatic rings. The van der Waals surface area contributed by atoms with Gasteiger partial charge in [0.1, 0.15) is 24.7 Å². The van der Waals surface area contributed by atoms with Gasteiger partial charge in [0.2, 0.25) is 0 Å². The van der Waals surface area contributed by atoms with Crippen LogP contribution in [0.4, 0.5) is 13.2 Å². The van der Waals surface area contributed by atoms with Crippen LogP contribution >= 0.6 is 0 Å². The molecule has 0 aliphatic carbocycles. The molecule has 0 amide bonds. The molecule has 2 N–H and O–H groups in total. The highest BCUT2D eigenvalue weighted by molar-refractivity contribution is 5.45. The first-order valence-electron chi connectivity index (χ1n) is 6.79. The van der Waals surface area contributed by atoms with E-state index in [9.17, 15) is 13.2 Å². The molecule has 1 aromatic carbocycles. The summed E-state index contributed by atoms with van der Waals surface area (Å²) in [5.74, 6) is 0.843. The van der Waals surface area contributed by atoms with Crippen molar-refractivity contribution in [1.29, 1.82) is 0 Å². The number of aliphatic hydroxyl groups is 1. The first-order valence-corrected chi connectivity index (χ1v) is 6.79. The lowest BCUT2D eigenvalue weighted by Gasteiger charge is -2.15. The van der Waals surface area contributed by atoms with Crippen LogP contribution in [-0.4, -0.2) is 37.1 Å². The van der Waals surface area contributed by atoms with E-state index >= 15 is 0 Å². The molecular weight excluding hydrogens is 287 g/mol. The van der Waals surface area contributed by atoms with Gasteiger partial charge in [-0.15, -0.1) is 0 Å². The summed E-state index contributed by atoms with van der Waals surface area (Å²) in [6.45, 7) is 2.58. The van der Waals surface area contributed by atoms with E-state index in [1.165, 1.54) is 0 Å². The lowest BCUT2D eigenvalue weighted by atomic mass is 10.1. The fourth-order valence-electron chi connectivity index (χ4n) is 2.04. The minimum Gasteiger partial charge on any atom is -0.491 e. The van der Waals surface area contributed by atoms with Crippen molar-refractivity contribution >= 4 is 0 Å². The Morgan fingerprint density at radius 3 is 2.90 bits per heavy atom. The number of rotatable bonds is 6. The van der Waals surface area contributed by atoms with Crippen LogP contribution in [0.25, 0.3) is 0 Å². The van der Waals surface area contributed by atoms with Gasteiger partial charge in [-0.1, -0.05) is 6.92 Å². The number of halogens is 3. The van der Waals surface area contributed by atoms with Crippen molar-refractivity contribution in [2.75, 3.05) is 19.8 Å². The molecule has 2 unspecified atom stereocenters. The lowest BCUT2D eigenvalue weighted by molar-refractivity contribution is -0.210. The normalized spacial score (nSPS) is 19.0. The molecule has 0 fully saturated rings. The molecule has 0 saturated heterocycles. The molecule has 0 aromatic heterocycles. The van der Waals surface area contributed by atoms with Crippen LogP contribution in [0.5, 0.6) is 11.5 Å². The minimum absolute atomic E-state index is 0.0924. The Balaban J connectivity index is 1.96. The fraction of sp³-hybridized carbons (Fsp3) is 0.571. The zero-order valence-corrected chi connectivity index (χ0v) is 11.6. The highest BCUT2D eigenvalue weighted by Gasteiger charge is 2.38. The van der Waals surface area contributed by atoms with Gasteiger partial charge in [-0.25, -0.2) is 0 Å². The number of fused-ring (bicyclic) bond motifs is 1. The summed E-state index contributed by atoms with van der Waals surface area (Å²) >= 11 is 0. The number of alkyl halides is 3. The maximum Gasteiger partial charge on any atom is 0.417 e. The van der Waals surface area contributed by atoms with Crippen molar-refractivity contribution in [2.24, 2.45) is 0 Å². The van der Waals surface area contributed by atoms with E-state index in [0.29, 0.717) is 12.4 Å². The van der Waals surface area contributed by atoms with Crippen LogP contribution in [0, 0.1) is 0 Å². The molecular formula is C14H18F3NO3. The third-order valence-electron chi connectivity index (χ3n) is 3.19. The van der Waals surface area contributed by atoms with Gasteiger partial charge in [-0.2, -0.15) is 13.2 Å². The van der Waals surface area contributed by atoms with E-state index < -0.39 is 18.9 Å². The van der Waals surface area contributed by atoms with Gasteiger partial charge in [0.25, 0.3) is 0 Å². The van der Waals surface area contributed by atoms with Gasteiger partial charge in [-0.3, -0.25) is 0 Å². The molecule has 0 saturated carbocycles. The second-order valence-corrected chi connectivity index (χ2v) is 4.89. The summed E-state index contributed by atoms with van der Waals surface area (Å²) in [4.78, 5) is 0. The van der Waals surface area contributed by atoms with Gasteiger partial charge < -0.3 is 19.9 Å². The maximum absolute atomic E-state index is 12.2. The van der Waals surface area contributed by atoms with Crippen LogP contribution in [-0.2, 0) is 0 Å². The Morgan fingerprint density at radius 2 is 2.24 bits per heavy atom. The second-order valence-electron chi connectivity index (χ2n) is 4.89. The predicted molar refractivity (Wildman–Crippen MR) is 70.5 cm³/mol. The third kappa shape index (κ3) is 4.01. The van der Waals surface area contributed by atoms with Crippen LogP contribution < -0.4 is 14.8 Å². The Morgan fingerprint density at radius 1 is 1.48 bits per heavy atom. The Hall–Kier alpha value is -1.47. The van der Waals surface area contributed by atoms with Crippen LogP contribution in [0.15, 0.2) is 18.2 Å². The summed E-state index contributed by atoms with van der Waals surface area (Å²) in [7, 11) is 0. The molecule has 2 rings (SSSR count). The summed E-state index contributed by atoms with van der Waals surface area (Å²) < 4.78 is 47.0. The van der Waals surface area contributed by atoms with Crippen molar-refractivity contribution in [1.82, 2.24) is 5.32 Å². The minimum atomic E-state index is -4.68.